The van der Waals surface area contributed by atoms with E-state index in [2.05, 4.69) is 37.5 Å². The monoisotopic (exact) mass is 313 g/mol. The van der Waals surface area contributed by atoms with Gasteiger partial charge in [-0.05, 0) is 56.8 Å². The molecule has 0 aliphatic carbocycles. The van der Waals surface area contributed by atoms with Gasteiger partial charge >= 0.3 is 0 Å². The second kappa shape index (κ2) is 6.91. The Hall–Kier alpha value is -2.21. The number of hydrogen-bond acceptors (Lipinski definition) is 4. The lowest BCUT2D eigenvalue weighted by molar-refractivity contribution is -0.117. The van der Waals surface area contributed by atoms with Crippen LogP contribution in [0.25, 0.3) is 0 Å². The van der Waals surface area contributed by atoms with Crippen LogP contribution in [-0.2, 0) is 4.79 Å². The smallest absolute Gasteiger partial charge is 0.238 e. The van der Waals surface area contributed by atoms with Crippen molar-refractivity contribution in [2.75, 3.05) is 25.0 Å². The summed E-state index contributed by atoms with van der Waals surface area (Å²) in [6.07, 6.45) is 5.96. The number of nitrogens with zero attached hydrogens (tertiary/aromatic N) is 3. The number of piperidine rings is 1. The molecule has 23 heavy (non-hydrogen) atoms. The van der Waals surface area contributed by atoms with Crippen molar-refractivity contribution in [3.8, 4) is 0 Å². The Labute approximate surface area is 136 Å². The van der Waals surface area contributed by atoms with Crippen molar-refractivity contribution < 1.29 is 4.79 Å². The summed E-state index contributed by atoms with van der Waals surface area (Å²) in [5, 5.41) is 9.97. The van der Waals surface area contributed by atoms with Crippen LogP contribution in [0.5, 0.6) is 0 Å². The van der Waals surface area contributed by atoms with Gasteiger partial charge in [-0.2, -0.15) is 5.10 Å². The summed E-state index contributed by atoms with van der Waals surface area (Å²) in [5.74, 6) is 0.505. The third-order valence-corrected chi connectivity index (χ3v) is 4.44. The number of nitrogens with one attached hydrogen (secondary N) is 2. The lowest BCUT2D eigenvalue weighted by Crippen LogP contribution is -2.39. The van der Waals surface area contributed by atoms with Gasteiger partial charge in [-0.3, -0.25) is 19.8 Å². The quantitative estimate of drug-likeness (QED) is 0.908. The van der Waals surface area contributed by atoms with Crippen molar-refractivity contribution in [3.63, 3.8) is 0 Å². The SMILES string of the molecule is Cc1n[nH]c(C)c1NC(=O)CN1CCCC(c2ccncc2)C1. The van der Waals surface area contributed by atoms with Gasteiger partial charge in [0.2, 0.25) is 5.91 Å². The zero-order valence-corrected chi connectivity index (χ0v) is 13.7. The van der Waals surface area contributed by atoms with E-state index in [0.29, 0.717) is 12.5 Å². The second-order valence-corrected chi connectivity index (χ2v) is 6.21. The standard InChI is InChI=1S/C17H23N5O/c1-12-17(13(2)21-20-12)19-16(23)11-22-9-3-4-15(10-22)14-5-7-18-8-6-14/h5-8,15H,3-4,9-11H2,1-2H3,(H,19,23)(H,20,21). The van der Waals surface area contributed by atoms with E-state index in [1.54, 1.807) is 0 Å². The number of likely N-dealkylation sites (tertiary alicyclic amines) is 1. The second-order valence-electron chi connectivity index (χ2n) is 6.21. The van der Waals surface area contributed by atoms with Crippen LogP contribution >= 0.6 is 0 Å². The first-order valence-electron chi connectivity index (χ1n) is 8.07. The third-order valence-electron chi connectivity index (χ3n) is 4.44. The summed E-state index contributed by atoms with van der Waals surface area (Å²) in [6, 6.07) is 4.15. The molecule has 1 saturated heterocycles. The van der Waals surface area contributed by atoms with E-state index < -0.39 is 0 Å². The molecule has 1 fully saturated rings. The number of carbonyl (C=O) groups is 1. The number of hydrogen-bond donors (Lipinski definition) is 2. The van der Waals surface area contributed by atoms with Gasteiger partial charge in [-0.25, -0.2) is 0 Å². The number of aromatic nitrogens is 3. The van der Waals surface area contributed by atoms with E-state index in [4.69, 9.17) is 0 Å². The zero-order chi connectivity index (χ0) is 16.2. The largest absolute Gasteiger partial charge is 0.322 e. The van der Waals surface area contributed by atoms with Gasteiger partial charge in [0.25, 0.3) is 0 Å². The van der Waals surface area contributed by atoms with Gasteiger partial charge in [0.15, 0.2) is 0 Å². The minimum absolute atomic E-state index is 0.0213. The highest BCUT2D eigenvalue weighted by molar-refractivity contribution is 5.93. The Morgan fingerprint density at radius 1 is 1.39 bits per heavy atom. The average molecular weight is 313 g/mol. The molecule has 1 amide bonds. The van der Waals surface area contributed by atoms with Gasteiger partial charge in [0, 0.05) is 18.9 Å². The summed E-state index contributed by atoms with van der Waals surface area (Å²) in [4.78, 5) is 18.6. The van der Waals surface area contributed by atoms with Crippen LogP contribution < -0.4 is 5.32 Å². The summed E-state index contributed by atoms with van der Waals surface area (Å²) in [7, 11) is 0. The number of pyridine rings is 1. The number of carbonyl (C=O) groups excluding carboxylic acids is 1. The highest BCUT2D eigenvalue weighted by atomic mass is 16.2. The fourth-order valence-corrected chi connectivity index (χ4v) is 3.22. The van der Waals surface area contributed by atoms with Crippen LogP contribution in [0, 0.1) is 13.8 Å². The third kappa shape index (κ3) is 3.76. The molecule has 6 nitrogen and oxygen atoms in total. The predicted octanol–water partition coefficient (Wildman–Crippen LogP) is 2.24. The minimum Gasteiger partial charge on any atom is -0.322 e. The first-order chi connectivity index (χ1) is 11.1. The highest BCUT2D eigenvalue weighted by Crippen LogP contribution is 2.26. The molecule has 0 bridgehead atoms. The van der Waals surface area contributed by atoms with Crippen molar-refractivity contribution in [2.45, 2.75) is 32.6 Å². The molecule has 1 atom stereocenters. The molecule has 1 aliphatic heterocycles. The Kier molecular flexibility index (Phi) is 4.71. The molecule has 2 N–H and O–H groups in total. The fourth-order valence-electron chi connectivity index (χ4n) is 3.22. The fraction of sp³-hybridized carbons (Fsp3) is 0.471. The molecule has 2 aromatic rings. The van der Waals surface area contributed by atoms with Crippen molar-refractivity contribution in [3.05, 3.63) is 41.5 Å². The topological polar surface area (TPSA) is 73.9 Å². The van der Waals surface area contributed by atoms with Crippen molar-refractivity contribution >= 4 is 11.6 Å². The minimum atomic E-state index is 0.0213. The van der Waals surface area contributed by atoms with Crippen LogP contribution in [0.15, 0.2) is 24.5 Å². The van der Waals surface area contributed by atoms with E-state index in [1.807, 2.05) is 26.2 Å². The molecule has 6 heteroatoms. The van der Waals surface area contributed by atoms with Crippen LogP contribution in [-0.4, -0.2) is 45.6 Å². The van der Waals surface area contributed by atoms with E-state index in [-0.39, 0.29) is 5.91 Å². The van der Waals surface area contributed by atoms with E-state index in [9.17, 15) is 4.79 Å². The summed E-state index contributed by atoms with van der Waals surface area (Å²) >= 11 is 0. The van der Waals surface area contributed by atoms with Gasteiger partial charge in [-0.1, -0.05) is 0 Å². The lowest BCUT2D eigenvalue weighted by atomic mass is 9.91. The van der Waals surface area contributed by atoms with Gasteiger partial charge in [0.1, 0.15) is 0 Å². The number of aromatic amines is 1. The van der Waals surface area contributed by atoms with E-state index in [0.717, 1.165) is 36.6 Å². The molecule has 1 unspecified atom stereocenters. The number of anilines is 1. The van der Waals surface area contributed by atoms with Crippen molar-refractivity contribution in [2.24, 2.45) is 0 Å². The van der Waals surface area contributed by atoms with Crippen molar-refractivity contribution in [1.82, 2.24) is 20.1 Å². The predicted molar refractivity (Wildman–Crippen MR) is 89.3 cm³/mol. The maximum Gasteiger partial charge on any atom is 0.238 e. The first kappa shape index (κ1) is 15.7. The maximum atomic E-state index is 12.3. The van der Waals surface area contributed by atoms with Crippen molar-refractivity contribution in [1.29, 1.82) is 0 Å². The zero-order valence-electron chi connectivity index (χ0n) is 13.7. The molecule has 0 radical (unpaired) electrons. The summed E-state index contributed by atoms with van der Waals surface area (Å²) in [6.45, 7) is 6.11. The van der Waals surface area contributed by atoms with Crippen LogP contribution in [0.3, 0.4) is 0 Å². The Morgan fingerprint density at radius 2 is 2.17 bits per heavy atom. The molecule has 1 aliphatic rings. The molecule has 0 spiro atoms. The van der Waals surface area contributed by atoms with E-state index in [1.165, 1.54) is 12.0 Å². The number of amides is 1. The Morgan fingerprint density at radius 3 is 2.87 bits per heavy atom. The molecule has 122 valence electrons. The first-order valence-corrected chi connectivity index (χ1v) is 8.07. The van der Waals surface area contributed by atoms with Gasteiger partial charge < -0.3 is 5.32 Å². The van der Waals surface area contributed by atoms with Gasteiger partial charge in [0.05, 0.1) is 23.6 Å². The molecule has 3 rings (SSSR count). The normalized spacial score (nSPS) is 18.8. The Bertz CT molecular complexity index is 647. The lowest BCUT2D eigenvalue weighted by Gasteiger charge is -2.32. The number of H-pyrrole nitrogens is 1. The molecular weight excluding hydrogens is 290 g/mol. The molecule has 3 heterocycles. The molecule has 2 aromatic heterocycles. The average Bonchev–Trinajstić information content (AvgIpc) is 2.88. The van der Waals surface area contributed by atoms with Crippen LogP contribution in [0.2, 0.25) is 0 Å². The number of aryl methyl sites for hydroxylation is 2. The van der Waals surface area contributed by atoms with E-state index >= 15 is 0 Å². The Balaban J connectivity index is 1.58. The molecule has 0 saturated carbocycles. The summed E-state index contributed by atoms with van der Waals surface area (Å²) in [5.41, 5.74) is 3.83. The van der Waals surface area contributed by atoms with Crippen LogP contribution in [0.1, 0.15) is 35.7 Å². The summed E-state index contributed by atoms with van der Waals surface area (Å²) < 4.78 is 0. The number of rotatable bonds is 4. The molecular formula is C17H23N5O. The van der Waals surface area contributed by atoms with Gasteiger partial charge in [-0.15, -0.1) is 0 Å². The highest BCUT2D eigenvalue weighted by Gasteiger charge is 2.23. The molecule has 0 aromatic carbocycles. The van der Waals surface area contributed by atoms with Crippen LogP contribution in [0.4, 0.5) is 5.69 Å². The maximum absolute atomic E-state index is 12.3.